The molecule has 5 nitrogen and oxygen atoms in total. The van der Waals surface area contributed by atoms with Crippen molar-refractivity contribution >= 4 is 17.3 Å². The highest BCUT2D eigenvalue weighted by molar-refractivity contribution is 6.32. The summed E-state index contributed by atoms with van der Waals surface area (Å²) in [5.74, 6) is 1.74. The third kappa shape index (κ3) is 6.56. The molecule has 1 saturated heterocycles. The topological polar surface area (TPSA) is 37.0 Å². The number of piperazine rings is 1. The predicted molar refractivity (Wildman–Crippen MR) is 139 cm³/mol. The van der Waals surface area contributed by atoms with Crippen LogP contribution < -0.4 is 19.7 Å². The van der Waals surface area contributed by atoms with Crippen molar-refractivity contribution in [1.29, 1.82) is 0 Å². The molecule has 1 fully saturated rings. The van der Waals surface area contributed by atoms with E-state index in [2.05, 4.69) is 67.9 Å². The molecular weight excluding hydrogens is 434 g/mol. The van der Waals surface area contributed by atoms with Gasteiger partial charge < -0.3 is 19.7 Å². The average Bonchev–Trinajstić information content (AvgIpc) is 2.81. The lowest BCUT2D eigenvalue weighted by Gasteiger charge is -2.40. The van der Waals surface area contributed by atoms with Crippen LogP contribution in [0.25, 0.3) is 0 Å². The fourth-order valence-corrected chi connectivity index (χ4v) is 4.67. The Balaban J connectivity index is 1.58. The molecule has 0 radical (unpaired) electrons. The molecule has 2 aromatic carbocycles. The van der Waals surface area contributed by atoms with Crippen LogP contribution in [-0.4, -0.2) is 57.4 Å². The van der Waals surface area contributed by atoms with Crippen molar-refractivity contribution in [1.82, 2.24) is 10.2 Å². The Labute approximate surface area is 205 Å². The quantitative estimate of drug-likeness (QED) is 0.453. The van der Waals surface area contributed by atoms with Gasteiger partial charge in [0.2, 0.25) is 0 Å². The Morgan fingerprint density at radius 2 is 1.70 bits per heavy atom. The molecule has 0 aromatic heterocycles. The van der Waals surface area contributed by atoms with E-state index in [1.165, 1.54) is 22.4 Å². The zero-order chi connectivity index (χ0) is 24.0. The number of hydrogen-bond donors (Lipinski definition) is 1. The van der Waals surface area contributed by atoms with Gasteiger partial charge in [-0.1, -0.05) is 31.5 Å². The van der Waals surface area contributed by atoms with Gasteiger partial charge in [-0.25, -0.2) is 0 Å². The number of benzene rings is 2. The third-order valence-electron chi connectivity index (χ3n) is 6.72. The molecule has 0 amide bonds. The van der Waals surface area contributed by atoms with Gasteiger partial charge in [-0.15, -0.1) is 0 Å². The van der Waals surface area contributed by atoms with Gasteiger partial charge >= 0.3 is 0 Å². The Kier molecular flexibility index (Phi) is 9.30. The first-order chi connectivity index (χ1) is 15.8. The fourth-order valence-electron chi connectivity index (χ4n) is 4.48. The van der Waals surface area contributed by atoms with Crippen LogP contribution >= 0.6 is 11.6 Å². The summed E-state index contributed by atoms with van der Waals surface area (Å²) < 4.78 is 11.5. The van der Waals surface area contributed by atoms with Crippen molar-refractivity contribution in [3.8, 4) is 11.5 Å². The van der Waals surface area contributed by atoms with Gasteiger partial charge in [-0.2, -0.15) is 0 Å². The molecule has 0 spiro atoms. The maximum absolute atomic E-state index is 6.20. The number of ether oxygens (including phenoxy) is 2. The van der Waals surface area contributed by atoms with E-state index < -0.39 is 0 Å². The molecule has 0 bridgehead atoms. The highest BCUT2D eigenvalue weighted by Crippen LogP contribution is 2.33. The predicted octanol–water partition coefficient (Wildman–Crippen LogP) is 5.62. The number of nitrogens with zero attached hydrogens (tertiary/aromatic N) is 2. The summed E-state index contributed by atoms with van der Waals surface area (Å²) in [6, 6.07) is 11.3. The Bertz CT molecular complexity index is 910. The third-order valence-corrected chi connectivity index (χ3v) is 7.03. The van der Waals surface area contributed by atoms with Crippen LogP contribution in [0.5, 0.6) is 11.5 Å². The SMILES string of the molecule is COc1cc(N2CCN(C(C)c3ccc(OCCCNC(C)C)c(C)c3C)CC2)ccc1Cl. The molecule has 1 atom stereocenters. The van der Waals surface area contributed by atoms with Crippen molar-refractivity contribution in [2.24, 2.45) is 0 Å². The van der Waals surface area contributed by atoms with Crippen LogP contribution in [0.2, 0.25) is 5.02 Å². The van der Waals surface area contributed by atoms with Crippen molar-refractivity contribution in [2.45, 2.75) is 53.1 Å². The minimum Gasteiger partial charge on any atom is -0.495 e. The summed E-state index contributed by atoms with van der Waals surface area (Å²) in [7, 11) is 1.66. The standard InChI is InChI=1S/C27H40ClN3O2/c1-19(2)29-12-7-17-33-26-11-9-24(20(3)21(26)4)22(5)30-13-15-31(16-14-30)23-8-10-25(28)27(18-23)32-6/h8-11,18-19,22,29H,7,12-17H2,1-6H3. The van der Waals surface area contributed by atoms with Gasteiger partial charge in [-0.3, -0.25) is 4.90 Å². The van der Waals surface area contributed by atoms with E-state index in [0.717, 1.165) is 57.3 Å². The van der Waals surface area contributed by atoms with Crippen LogP contribution in [-0.2, 0) is 0 Å². The highest BCUT2D eigenvalue weighted by atomic mass is 35.5. The molecule has 1 aliphatic rings. The van der Waals surface area contributed by atoms with Gasteiger partial charge in [0.05, 0.1) is 18.7 Å². The van der Waals surface area contributed by atoms with E-state index in [0.29, 0.717) is 17.1 Å². The van der Waals surface area contributed by atoms with Crippen molar-refractivity contribution in [3.05, 3.63) is 52.0 Å². The molecule has 182 valence electrons. The molecule has 1 aliphatic heterocycles. The first-order valence-electron chi connectivity index (χ1n) is 12.1. The van der Waals surface area contributed by atoms with Crippen molar-refractivity contribution < 1.29 is 9.47 Å². The maximum atomic E-state index is 6.20. The minimum atomic E-state index is 0.370. The summed E-state index contributed by atoms with van der Waals surface area (Å²) in [4.78, 5) is 4.98. The summed E-state index contributed by atoms with van der Waals surface area (Å²) in [5.41, 5.74) is 5.15. The van der Waals surface area contributed by atoms with Gasteiger partial charge in [0, 0.05) is 50.0 Å². The first kappa shape index (κ1) is 25.7. The summed E-state index contributed by atoms with van der Waals surface area (Å²) in [5, 5.41) is 4.09. The number of halogens is 1. The molecule has 2 aromatic rings. The van der Waals surface area contributed by atoms with Gasteiger partial charge in [-0.05, 0) is 68.6 Å². The van der Waals surface area contributed by atoms with E-state index in [-0.39, 0.29) is 0 Å². The Morgan fingerprint density at radius 1 is 0.970 bits per heavy atom. The van der Waals surface area contributed by atoms with Crippen molar-refractivity contribution in [2.75, 3.05) is 51.3 Å². The normalized spacial score (nSPS) is 15.7. The Morgan fingerprint density at radius 3 is 2.36 bits per heavy atom. The average molecular weight is 474 g/mol. The molecule has 0 saturated carbocycles. The highest BCUT2D eigenvalue weighted by Gasteiger charge is 2.24. The minimum absolute atomic E-state index is 0.370. The zero-order valence-corrected chi connectivity index (χ0v) is 21.8. The summed E-state index contributed by atoms with van der Waals surface area (Å²) >= 11 is 6.20. The van der Waals surface area contributed by atoms with Gasteiger partial charge in [0.15, 0.2) is 0 Å². The van der Waals surface area contributed by atoms with Gasteiger partial charge in [0.25, 0.3) is 0 Å². The van der Waals surface area contributed by atoms with Crippen LogP contribution in [0.15, 0.2) is 30.3 Å². The maximum Gasteiger partial charge on any atom is 0.139 e. The van der Waals surface area contributed by atoms with Crippen LogP contribution in [0.3, 0.4) is 0 Å². The second-order valence-electron chi connectivity index (χ2n) is 9.23. The molecule has 0 aliphatic carbocycles. The lowest BCUT2D eigenvalue weighted by atomic mass is 9.96. The number of hydrogen-bond acceptors (Lipinski definition) is 5. The number of nitrogens with one attached hydrogen (secondary N) is 1. The smallest absolute Gasteiger partial charge is 0.139 e. The lowest BCUT2D eigenvalue weighted by Crippen LogP contribution is -2.47. The molecule has 3 rings (SSSR count). The Hall–Kier alpha value is -1.95. The first-order valence-corrected chi connectivity index (χ1v) is 12.5. The lowest BCUT2D eigenvalue weighted by molar-refractivity contribution is 0.198. The van der Waals surface area contributed by atoms with Crippen molar-refractivity contribution in [3.63, 3.8) is 0 Å². The van der Waals surface area contributed by atoms with E-state index >= 15 is 0 Å². The molecular formula is C27H40ClN3O2. The fraction of sp³-hybridized carbons (Fsp3) is 0.556. The largest absolute Gasteiger partial charge is 0.495 e. The number of methoxy groups -OCH3 is 1. The summed E-state index contributed by atoms with van der Waals surface area (Å²) in [6.07, 6.45) is 1.01. The van der Waals surface area contributed by atoms with Gasteiger partial charge in [0.1, 0.15) is 11.5 Å². The van der Waals surface area contributed by atoms with E-state index in [1.807, 2.05) is 12.1 Å². The monoisotopic (exact) mass is 473 g/mol. The van der Waals surface area contributed by atoms with E-state index in [1.54, 1.807) is 7.11 Å². The van der Waals surface area contributed by atoms with Crippen LogP contribution in [0.4, 0.5) is 5.69 Å². The molecule has 6 heteroatoms. The second kappa shape index (κ2) is 12.0. The van der Waals surface area contributed by atoms with E-state index in [9.17, 15) is 0 Å². The van der Waals surface area contributed by atoms with Crippen LogP contribution in [0, 0.1) is 13.8 Å². The number of anilines is 1. The van der Waals surface area contributed by atoms with Crippen LogP contribution in [0.1, 0.15) is 49.9 Å². The molecule has 1 N–H and O–H groups in total. The number of rotatable bonds is 10. The zero-order valence-electron chi connectivity index (χ0n) is 21.1. The molecule has 1 unspecified atom stereocenters. The van der Waals surface area contributed by atoms with E-state index in [4.69, 9.17) is 21.1 Å². The second-order valence-corrected chi connectivity index (χ2v) is 9.64. The molecule has 33 heavy (non-hydrogen) atoms. The summed E-state index contributed by atoms with van der Waals surface area (Å²) in [6.45, 7) is 16.8. The molecule has 1 heterocycles.